The Morgan fingerprint density at radius 3 is 2.79 bits per heavy atom. The number of halogens is 1. The van der Waals surface area contributed by atoms with Crippen molar-refractivity contribution in [3.8, 4) is 0 Å². The van der Waals surface area contributed by atoms with Crippen molar-refractivity contribution in [3.05, 3.63) is 59.5 Å². The van der Waals surface area contributed by atoms with Gasteiger partial charge in [-0.15, -0.1) is 0 Å². The Morgan fingerprint density at radius 1 is 1.37 bits per heavy atom. The molecular weight excluding hydrogens is 261 g/mol. The Labute approximate surface area is 116 Å². The summed E-state index contributed by atoms with van der Waals surface area (Å²) in [5.74, 6) is 0.369. The highest BCUT2D eigenvalue weighted by molar-refractivity contribution is 7.80. The van der Waals surface area contributed by atoms with E-state index >= 15 is 0 Å². The molecule has 5 heteroatoms. The molecule has 1 unspecified atom stereocenters. The smallest absolute Gasteiger partial charge is 0.128 e. The summed E-state index contributed by atoms with van der Waals surface area (Å²) >= 11 is 4.91. The number of nitrogens with zero attached hydrogens (tertiary/aromatic N) is 1. The molecule has 0 spiro atoms. The van der Waals surface area contributed by atoms with Crippen LogP contribution in [0.2, 0.25) is 0 Å². The molecule has 1 aromatic carbocycles. The van der Waals surface area contributed by atoms with Crippen molar-refractivity contribution in [2.24, 2.45) is 5.73 Å². The summed E-state index contributed by atoms with van der Waals surface area (Å²) in [7, 11) is 0. The van der Waals surface area contributed by atoms with Gasteiger partial charge >= 0.3 is 0 Å². The van der Waals surface area contributed by atoms with Gasteiger partial charge in [0.1, 0.15) is 16.6 Å². The Bertz CT molecular complexity index is 601. The summed E-state index contributed by atoms with van der Waals surface area (Å²) in [6, 6.07) is 9.93. The molecule has 0 aliphatic rings. The van der Waals surface area contributed by atoms with Crippen molar-refractivity contribution >= 4 is 23.0 Å². The van der Waals surface area contributed by atoms with Crippen molar-refractivity contribution in [1.82, 2.24) is 4.98 Å². The summed E-state index contributed by atoms with van der Waals surface area (Å²) in [6.07, 6.45) is 1.62. The van der Waals surface area contributed by atoms with E-state index in [0.29, 0.717) is 16.4 Å². The van der Waals surface area contributed by atoms with E-state index in [2.05, 4.69) is 10.3 Å². The Kier molecular flexibility index (Phi) is 4.06. The van der Waals surface area contributed by atoms with E-state index < -0.39 is 0 Å². The molecule has 2 aromatic rings. The molecule has 0 radical (unpaired) electrons. The number of hydrogen-bond donors (Lipinski definition) is 2. The average molecular weight is 275 g/mol. The van der Waals surface area contributed by atoms with Crippen molar-refractivity contribution in [3.63, 3.8) is 0 Å². The highest BCUT2D eigenvalue weighted by Gasteiger charge is 2.10. The summed E-state index contributed by atoms with van der Waals surface area (Å²) < 4.78 is 13.6. The number of pyridine rings is 1. The fraction of sp³-hybridized carbons (Fsp3) is 0.143. The molecule has 19 heavy (non-hydrogen) atoms. The zero-order valence-corrected chi connectivity index (χ0v) is 11.2. The molecule has 2 rings (SSSR count). The maximum atomic E-state index is 13.6. The number of rotatable bonds is 4. The summed E-state index contributed by atoms with van der Waals surface area (Å²) in [6.45, 7) is 1.87. The van der Waals surface area contributed by atoms with Crippen molar-refractivity contribution in [2.75, 3.05) is 5.32 Å². The van der Waals surface area contributed by atoms with Gasteiger partial charge in [-0.05, 0) is 25.1 Å². The lowest BCUT2D eigenvalue weighted by Gasteiger charge is -2.16. The molecule has 1 heterocycles. The maximum Gasteiger partial charge on any atom is 0.128 e. The van der Waals surface area contributed by atoms with Gasteiger partial charge in [0.2, 0.25) is 0 Å². The second-order valence-corrected chi connectivity index (χ2v) is 4.62. The van der Waals surface area contributed by atoms with Gasteiger partial charge in [-0.1, -0.05) is 30.4 Å². The van der Waals surface area contributed by atoms with Crippen LogP contribution in [0.5, 0.6) is 0 Å². The SMILES string of the molecule is CC(Nc1cc(C(N)=S)ccn1)c1ccccc1F. The number of aromatic nitrogens is 1. The number of nitrogens with two attached hydrogens (primary N) is 1. The fourth-order valence-corrected chi connectivity index (χ4v) is 1.92. The Hall–Kier alpha value is -2.01. The van der Waals surface area contributed by atoms with Gasteiger partial charge in [0.25, 0.3) is 0 Å². The minimum Gasteiger partial charge on any atom is -0.389 e. The molecule has 3 nitrogen and oxygen atoms in total. The minimum absolute atomic E-state index is 0.199. The zero-order valence-electron chi connectivity index (χ0n) is 10.4. The lowest BCUT2D eigenvalue weighted by atomic mass is 10.1. The predicted octanol–water partition coefficient (Wildman–Crippen LogP) is 3.03. The van der Waals surface area contributed by atoms with Crippen LogP contribution in [0.1, 0.15) is 24.1 Å². The Morgan fingerprint density at radius 2 is 2.11 bits per heavy atom. The number of benzene rings is 1. The first-order chi connectivity index (χ1) is 9.08. The van der Waals surface area contributed by atoms with Crippen LogP contribution in [-0.2, 0) is 0 Å². The third kappa shape index (κ3) is 3.26. The largest absolute Gasteiger partial charge is 0.389 e. The molecule has 0 saturated carbocycles. The summed E-state index contributed by atoms with van der Waals surface area (Å²) in [4.78, 5) is 4.48. The fourth-order valence-electron chi connectivity index (χ4n) is 1.79. The van der Waals surface area contributed by atoms with Gasteiger partial charge in [-0.2, -0.15) is 0 Å². The van der Waals surface area contributed by atoms with Gasteiger partial charge in [-0.25, -0.2) is 9.37 Å². The minimum atomic E-state index is -0.243. The predicted molar refractivity (Wildman–Crippen MR) is 78.6 cm³/mol. The Balaban J connectivity index is 2.19. The van der Waals surface area contributed by atoms with Crippen LogP contribution in [0.3, 0.4) is 0 Å². The lowest BCUT2D eigenvalue weighted by molar-refractivity contribution is 0.600. The number of thiocarbonyl (C=S) groups is 1. The van der Waals surface area contributed by atoms with Gasteiger partial charge in [0, 0.05) is 17.3 Å². The first-order valence-electron chi connectivity index (χ1n) is 5.84. The van der Waals surface area contributed by atoms with Crippen LogP contribution in [-0.4, -0.2) is 9.97 Å². The van der Waals surface area contributed by atoms with E-state index in [1.165, 1.54) is 6.07 Å². The van der Waals surface area contributed by atoms with Crippen LogP contribution in [0.25, 0.3) is 0 Å². The molecule has 0 fully saturated rings. The van der Waals surface area contributed by atoms with Crippen molar-refractivity contribution in [1.29, 1.82) is 0 Å². The van der Waals surface area contributed by atoms with Crippen LogP contribution in [0.4, 0.5) is 10.2 Å². The molecule has 0 aliphatic carbocycles. The molecular formula is C14H14FN3S. The van der Waals surface area contributed by atoms with E-state index in [0.717, 1.165) is 5.56 Å². The summed E-state index contributed by atoms with van der Waals surface area (Å²) in [5.41, 5.74) is 6.88. The molecule has 3 N–H and O–H groups in total. The zero-order chi connectivity index (χ0) is 13.8. The third-order valence-electron chi connectivity index (χ3n) is 2.78. The van der Waals surface area contributed by atoms with Gasteiger partial charge in [0.05, 0.1) is 6.04 Å². The molecule has 0 bridgehead atoms. The average Bonchev–Trinajstić information content (AvgIpc) is 2.39. The molecule has 0 aliphatic heterocycles. The van der Waals surface area contributed by atoms with E-state index in [1.807, 2.05) is 6.92 Å². The van der Waals surface area contributed by atoms with Gasteiger partial charge in [-0.3, -0.25) is 0 Å². The maximum absolute atomic E-state index is 13.6. The highest BCUT2D eigenvalue weighted by Crippen LogP contribution is 2.20. The van der Waals surface area contributed by atoms with E-state index in [4.69, 9.17) is 18.0 Å². The molecule has 0 saturated heterocycles. The summed E-state index contributed by atoms with van der Waals surface area (Å²) in [5, 5.41) is 3.13. The van der Waals surface area contributed by atoms with E-state index in [9.17, 15) is 4.39 Å². The topological polar surface area (TPSA) is 50.9 Å². The second-order valence-electron chi connectivity index (χ2n) is 4.18. The number of anilines is 1. The molecule has 1 atom stereocenters. The monoisotopic (exact) mass is 275 g/mol. The third-order valence-corrected chi connectivity index (χ3v) is 3.02. The highest BCUT2D eigenvalue weighted by atomic mass is 32.1. The van der Waals surface area contributed by atoms with Gasteiger partial charge < -0.3 is 11.1 Å². The standard InChI is InChI=1S/C14H14FN3S/c1-9(11-4-2-3-5-12(11)15)18-13-8-10(14(16)19)6-7-17-13/h2-9H,1H3,(H2,16,19)(H,17,18). The quantitative estimate of drug-likeness (QED) is 0.842. The normalized spacial score (nSPS) is 11.9. The molecule has 98 valence electrons. The van der Waals surface area contributed by atoms with Crippen molar-refractivity contribution < 1.29 is 4.39 Å². The molecule has 1 aromatic heterocycles. The number of hydrogen-bond acceptors (Lipinski definition) is 3. The van der Waals surface area contributed by atoms with Gasteiger partial charge in [0.15, 0.2) is 0 Å². The van der Waals surface area contributed by atoms with E-state index in [1.54, 1.807) is 36.5 Å². The van der Waals surface area contributed by atoms with Crippen LogP contribution >= 0.6 is 12.2 Å². The molecule has 0 amide bonds. The van der Waals surface area contributed by atoms with Crippen molar-refractivity contribution in [2.45, 2.75) is 13.0 Å². The second kappa shape index (κ2) is 5.75. The van der Waals surface area contributed by atoms with E-state index in [-0.39, 0.29) is 11.9 Å². The number of nitrogens with one attached hydrogen (secondary N) is 1. The van der Waals surface area contributed by atoms with Crippen LogP contribution in [0.15, 0.2) is 42.6 Å². The lowest BCUT2D eigenvalue weighted by Crippen LogP contribution is -2.12. The first-order valence-corrected chi connectivity index (χ1v) is 6.25. The first kappa shape index (κ1) is 13.4. The van der Waals surface area contributed by atoms with Crippen LogP contribution < -0.4 is 11.1 Å². The van der Waals surface area contributed by atoms with Crippen LogP contribution in [0, 0.1) is 5.82 Å².